The minimum absolute atomic E-state index is 0.272. The highest BCUT2D eigenvalue weighted by Gasteiger charge is 2.21. The van der Waals surface area contributed by atoms with Gasteiger partial charge in [0.25, 0.3) is 0 Å². The molecule has 0 unspecified atom stereocenters. The summed E-state index contributed by atoms with van der Waals surface area (Å²) >= 11 is 0. The van der Waals surface area contributed by atoms with E-state index in [-0.39, 0.29) is 6.79 Å². The number of fused-ring (bicyclic) bond motifs is 1. The maximum Gasteiger partial charge on any atom is 0.231 e. The summed E-state index contributed by atoms with van der Waals surface area (Å²) in [5.41, 5.74) is 5.70. The quantitative estimate of drug-likeness (QED) is 0.184. The molecule has 0 N–H and O–H groups in total. The molecular weight excluding hydrogens is 486 g/mol. The van der Waals surface area contributed by atoms with E-state index in [2.05, 4.69) is 77.6 Å². The minimum Gasteiger partial charge on any atom is -0.494 e. The molecule has 39 heavy (non-hydrogen) atoms. The van der Waals surface area contributed by atoms with Gasteiger partial charge in [0.1, 0.15) is 11.6 Å². The zero-order chi connectivity index (χ0) is 27.0. The van der Waals surface area contributed by atoms with E-state index in [1.165, 1.54) is 16.8 Å². The van der Waals surface area contributed by atoms with Crippen molar-refractivity contribution in [3.63, 3.8) is 0 Å². The SMILES string of the molecule is C=Cc1nc(-c2ccccc2)c(CN(Cc2cccc(OCC)c2)Cc2ccc3c(c2)OCO3)n1CCCC. The van der Waals surface area contributed by atoms with Crippen LogP contribution in [0.1, 0.15) is 49.3 Å². The van der Waals surface area contributed by atoms with Crippen LogP contribution in [0.4, 0.5) is 0 Å². The van der Waals surface area contributed by atoms with Crippen LogP contribution in [0.5, 0.6) is 17.2 Å². The summed E-state index contributed by atoms with van der Waals surface area (Å²) in [5.74, 6) is 3.41. The first-order valence-electron chi connectivity index (χ1n) is 13.8. The van der Waals surface area contributed by atoms with Gasteiger partial charge in [0, 0.05) is 31.7 Å². The summed E-state index contributed by atoms with van der Waals surface area (Å²) in [5, 5.41) is 0. The van der Waals surface area contributed by atoms with Gasteiger partial charge in [-0.3, -0.25) is 4.90 Å². The Labute approximate surface area is 231 Å². The average molecular weight is 524 g/mol. The van der Waals surface area contributed by atoms with E-state index >= 15 is 0 Å². The van der Waals surface area contributed by atoms with Gasteiger partial charge in [-0.25, -0.2) is 4.98 Å². The molecule has 0 bridgehead atoms. The Morgan fingerprint density at radius 1 is 0.923 bits per heavy atom. The van der Waals surface area contributed by atoms with Crippen LogP contribution in [0, 0.1) is 0 Å². The van der Waals surface area contributed by atoms with Crippen LogP contribution in [-0.4, -0.2) is 27.9 Å². The predicted molar refractivity (Wildman–Crippen MR) is 156 cm³/mol. The lowest BCUT2D eigenvalue weighted by atomic mass is 10.1. The van der Waals surface area contributed by atoms with Crippen LogP contribution in [0.2, 0.25) is 0 Å². The maximum atomic E-state index is 5.80. The van der Waals surface area contributed by atoms with Crippen LogP contribution in [0.15, 0.2) is 79.4 Å². The van der Waals surface area contributed by atoms with E-state index < -0.39 is 0 Å². The van der Waals surface area contributed by atoms with E-state index in [1.54, 1.807) is 0 Å². The molecule has 0 radical (unpaired) electrons. The molecule has 1 aromatic heterocycles. The predicted octanol–water partition coefficient (Wildman–Crippen LogP) is 7.32. The Hall–Kier alpha value is -4.03. The van der Waals surface area contributed by atoms with Crippen molar-refractivity contribution in [1.82, 2.24) is 14.5 Å². The van der Waals surface area contributed by atoms with Gasteiger partial charge in [0.05, 0.1) is 18.0 Å². The number of hydrogen-bond acceptors (Lipinski definition) is 5. The van der Waals surface area contributed by atoms with Crippen molar-refractivity contribution in [3.8, 4) is 28.5 Å². The Bertz CT molecular complexity index is 1400. The highest BCUT2D eigenvalue weighted by Crippen LogP contribution is 2.34. The summed E-state index contributed by atoms with van der Waals surface area (Å²) in [6.07, 6.45) is 4.07. The van der Waals surface area contributed by atoms with Gasteiger partial charge in [-0.1, -0.05) is 68.5 Å². The first kappa shape index (κ1) is 26.6. The number of benzene rings is 3. The second-order valence-corrected chi connectivity index (χ2v) is 9.75. The third kappa shape index (κ3) is 6.35. The lowest BCUT2D eigenvalue weighted by Gasteiger charge is -2.25. The molecule has 0 saturated carbocycles. The summed E-state index contributed by atoms with van der Waals surface area (Å²) < 4.78 is 19.4. The fourth-order valence-corrected chi connectivity index (χ4v) is 5.05. The molecule has 5 rings (SSSR count). The van der Waals surface area contributed by atoms with Crippen molar-refractivity contribution in [2.45, 2.75) is 52.9 Å². The molecule has 0 amide bonds. The van der Waals surface area contributed by atoms with Crippen LogP contribution in [0.3, 0.4) is 0 Å². The molecule has 0 saturated heterocycles. The van der Waals surface area contributed by atoms with Crippen molar-refractivity contribution < 1.29 is 14.2 Å². The summed E-state index contributed by atoms with van der Waals surface area (Å²) in [7, 11) is 0. The number of ether oxygens (including phenoxy) is 3. The van der Waals surface area contributed by atoms with Gasteiger partial charge >= 0.3 is 0 Å². The highest BCUT2D eigenvalue weighted by molar-refractivity contribution is 5.64. The van der Waals surface area contributed by atoms with Gasteiger partial charge in [0.2, 0.25) is 6.79 Å². The number of imidazole rings is 1. The van der Waals surface area contributed by atoms with Crippen LogP contribution >= 0.6 is 0 Å². The number of rotatable bonds is 13. The fraction of sp³-hybridized carbons (Fsp3) is 0.303. The third-order valence-electron chi connectivity index (χ3n) is 6.90. The van der Waals surface area contributed by atoms with E-state index in [9.17, 15) is 0 Å². The van der Waals surface area contributed by atoms with Crippen molar-refractivity contribution in [1.29, 1.82) is 0 Å². The first-order valence-corrected chi connectivity index (χ1v) is 13.8. The molecule has 0 spiro atoms. The number of nitrogens with zero attached hydrogens (tertiary/aromatic N) is 3. The topological polar surface area (TPSA) is 48.8 Å². The molecule has 202 valence electrons. The molecule has 0 fully saturated rings. The largest absolute Gasteiger partial charge is 0.494 e. The molecule has 2 heterocycles. The standard InChI is InChI=1S/C33H37N3O3/c1-4-7-18-36-29(33(34-32(36)5-2)27-13-9-8-10-14-27)23-35(21-25-12-11-15-28(19-25)37-6-3)22-26-16-17-30-31(20-26)39-24-38-30/h5,8-17,19-20H,2,4,6-7,18,21-24H2,1,3H3. The molecule has 6 nitrogen and oxygen atoms in total. The lowest BCUT2D eigenvalue weighted by molar-refractivity contribution is 0.174. The lowest BCUT2D eigenvalue weighted by Crippen LogP contribution is -2.24. The Balaban J connectivity index is 1.53. The normalized spacial score (nSPS) is 12.2. The monoisotopic (exact) mass is 523 g/mol. The maximum absolute atomic E-state index is 5.80. The first-order chi connectivity index (χ1) is 19.2. The van der Waals surface area contributed by atoms with Gasteiger partial charge in [0.15, 0.2) is 11.5 Å². The summed E-state index contributed by atoms with van der Waals surface area (Å²) in [4.78, 5) is 7.53. The van der Waals surface area contributed by atoms with E-state index in [1.807, 2.05) is 31.2 Å². The molecule has 1 aliphatic rings. The fourth-order valence-electron chi connectivity index (χ4n) is 5.05. The average Bonchev–Trinajstić information content (AvgIpc) is 3.57. The molecule has 4 aromatic rings. The van der Waals surface area contributed by atoms with Gasteiger partial charge in [-0.05, 0) is 54.8 Å². The van der Waals surface area contributed by atoms with Crippen LogP contribution < -0.4 is 14.2 Å². The second-order valence-electron chi connectivity index (χ2n) is 9.75. The van der Waals surface area contributed by atoms with Crippen molar-refractivity contribution in [3.05, 3.63) is 102 Å². The van der Waals surface area contributed by atoms with E-state index in [4.69, 9.17) is 19.2 Å². The molecule has 6 heteroatoms. The van der Waals surface area contributed by atoms with Gasteiger partial charge in [-0.2, -0.15) is 0 Å². The van der Waals surface area contributed by atoms with Crippen molar-refractivity contribution in [2.24, 2.45) is 0 Å². The third-order valence-corrected chi connectivity index (χ3v) is 6.90. The summed E-state index contributed by atoms with van der Waals surface area (Å²) in [6.45, 7) is 12.4. The second kappa shape index (κ2) is 12.7. The molecule has 0 aliphatic carbocycles. The molecule has 1 aliphatic heterocycles. The van der Waals surface area contributed by atoms with Crippen LogP contribution in [-0.2, 0) is 26.2 Å². The van der Waals surface area contributed by atoms with E-state index in [0.29, 0.717) is 6.61 Å². The van der Waals surface area contributed by atoms with Crippen LogP contribution in [0.25, 0.3) is 17.3 Å². The smallest absolute Gasteiger partial charge is 0.231 e. The number of aromatic nitrogens is 2. The van der Waals surface area contributed by atoms with Crippen molar-refractivity contribution in [2.75, 3.05) is 13.4 Å². The van der Waals surface area contributed by atoms with Crippen molar-refractivity contribution >= 4 is 6.08 Å². The zero-order valence-electron chi connectivity index (χ0n) is 22.9. The molecule has 3 aromatic carbocycles. The highest BCUT2D eigenvalue weighted by atomic mass is 16.7. The van der Waals surface area contributed by atoms with Gasteiger partial charge in [-0.15, -0.1) is 0 Å². The molecular formula is C33H37N3O3. The Morgan fingerprint density at radius 3 is 2.49 bits per heavy atom. The number of hydrogen-bond donors (Lipinski definition) is 0. The summed E-state index contributed by atoms with van der Waals surface area (Å²) in [6, 6.07) is 25.1. The van der Waals surface area contributed by atoms with Gasteiger partial charge < -0.3 is 18.8 Å². The number of unbranched alkanes of at least 4 members (excludes halogenated alkanes) is 1. The molecule has 0 atom stereocenters. The minimum atomic E-state index is 0.272. The zero-order valence-corrected chi connectivity index (χ0v) is 22.9. The Kier molecular flexibility index (Phi) is 8.64. The Morgan fingerprint density at radius 2 is 1.72 bits per heavy atom. The van der Waals surface area contributed by atoms with E-state index in [0.717, 1.165) is 73.4 Å².